The summed E-state index contributed by atoms with van der Waals surface area (Å²) in [6.45, 7) is 6.28. The van der Waals surface area contributed by atoms with Crippen LogP contribution in [0.15, 0.2) is 41.2 Å². The Morgan fingerprint density at radius 1 is 1.18 bits per heavy atom. The number of aliphatic imine (C=N–C) groups is 1. The van der Waals surface area contributed by atoms with Crippen LogP contribution in [0, 0.1) is 6.92 Å². The number of benzene rings is 1. The van der Waals surface area contributed by atoms with Crippen molar-refractivity contribution in [1.29, 1.82) is 0 Å². The maximum atomic E-state index is 5.65. The second kappa shape index (κ2) is 7.66. The highest BCUT2D eigenvalue weighted by Gasteiger charge is 2.03. The molecule has 1 heterocycles. The summed E-state index contributed by atoms with van der Waals surface area (Å²) in [5.74, 6) is 1.60. The average molecular weight is 231 g/mol. The minimum absolute atomic E-state index is 0.713. The monoisotopic (exact) mass is 231 g/mol. The predicted octanol–water partition coefficient (Wildman–Crippen LogP) is 4.50. The lowest BCUT2D eigenvalue weighted by Gasteiger charge is -2.10. The number of rotatable bonds is 2. The van der Waals surface area contributed by atoms with Crippen LogP contribution >= 0.6 is 0 Å². The van der Waals surface area contributed by atoms with Crippen molar-refractivity contribution in [3.63, 3.8) is 0 Å². The smallest absolute Gasteiger partial charge is 0.214 e. The molecular weight excluding hydrogens is 210 g/mol. The SMILES string of the molecule is CCC.Cc1ccccc1OC1=CCCC=N1. The zero-order valence-electron chi connectivity index (χ0n) is 10.9. The molecule has 2 nitrogen and oxygen atoms in total. The van der Waals surface area contributed by atoms with Crippen molar-refractivity contribution in [1.82, 2.24) is 0 Å². The fraction of sp³-hybridized carbons (Fsp3) is 0.400. The van der Waals surface area contributed by atoms with E-state index in [4.69, 9.17) is 4.74 Å². The van der Waals surface area contributed by atoms with Gasteiger partial charge in [-0.15, -0.1) is 0 Å². The third-order valence-electron chi connectivity index (χ3n) is 2.14. The summed E-state index contributed by atoms with van der Waals surface area (Å²) in [6, 6.07) is 7.96. The summed E-state index contributed by atoms with van der Waals surface area (Å²) in [6.07, 6.45) is 7.20. The number of nitrogens with zero attached hydrogens (tertiary/aromatic N) is 1. The van der Waals surface area contributed by atoms with Gasteiger partial charge in [0.2, 0.25) is 5.88 Å². The lowest BCUT2D eigenvalue weighted by Crippen LogP contribution is -1.98. The molecule has 0 atom stereocenters. The number of para-hydroxylation sites is 1. The Bertz CT molecular complexity index is 394. The van der Waals surface area contributed by atoms with Crippen LogP contribution in [0.25, 0.3) is 0 Å². The number of hydrogen-bond donors (Lipinski definition) is 0. The quantitative estimate of drug-likeness (QED) is 0.734. The fourth-order valence-electron chi connectivity index (χ4n) is 1.34. The van der Waals surface area contributed by atoms with E-state index < -0.39 is 0 Å². The van der Waals surface area contributed by atoms with Crippen LogP contribution in [-0.4, -0.2) is 6.21 Å². The number of aryl methyl sites for hydroxylation is 1. The van der Waals surface area contributed by atoms with Gasteiger partial charge in [-0.25, -0.2) is 4.99 Å². The van der Waals surface area contributed by atoms with Crippen molar-refractivity contribution in [2.24, 2.45) is 4.99 Å². The zero-order chi connectivity index (χ0) is 12.5. The van der Waals surface area contributed by atoms with E-state index >= 15 is 0 Å². The molecule has 0 saturated heterocycles. The Morgan fingerprint density at radius 2 is 1.88 bits per heavy atom. The first-order chi connectivity index (χ1) is 8.27. The maximum absolute atomic E-state index is 5.65. The molecule has 92 valence electrons. The van der Waals surface area contributed by atoms with Crippen molar-refractivity contribution < 1.29 is 4.74 Å². The van der Waals surface area contributed by atoms with E-state index in [0.29, 0.717) is 5.88 Å². The minimum Gasteiger partial charge on any atom is -0.439 e. The third kappa shape index (κ3) is 4.85. The van der Waals surface area contributed by atoms with Crippen LogP contribution in [0.4, 0.5) is 0 Å². The highest BCUT2D eigenvalue weighted by molar-refractivity contribution is 5.60. The molecule has 0 saturated carbocycles. The molecule has 1 aromatic rings. The first-order valence-electron chi connectivity index (χ1n) is 6.24. The van der Waals surface area contributed by atoms with E-state index in [-0.39, 0.29) is 0 Å². The zero-order valence-corrected chi connectivity index (χ0v) is 10.9. The van der Waals surface area contributed by atoms with E-state index in [0.717, 1.165) is 24.2 Å². The van der Waals surface area contributed by atoms with Crippen LogP contribution in [0.1, 0.15) is 38.7 Å². The third-order valence-corrected chi connectivity index (χ3v) is 2.14. The topological polar surface area (TPSA) is 21.6 Å². The lowest BCUT2D eigenvalue weighted by atomic mass is 10.2. The second-order valence-corrected chi connectivity index (χ2v) is 4.01. The maximum Gasteiger partial charge on any atom is 0.214 e. The minimum atomic E-state index is 0.713. The summed E-state index contributed by atoms with van der Waals surface area (Å²) in [7, 11) is 0. The van der Waals surface area contributed by atoms with E-state index in [1.165, 1.54) is 6.42 Å². The first-order valence-corrected chi connectivity index (χ1v) is 6.24. The van der Waals surface area contributed by atoms with Crippen molar-refractivity contribution >= 4 is 6.21 Å². The highest BCUT2D eigenvalue weighted by Crippen LogP contribution is 2.20. The first kappa shape index (κ1) is 13.5. The van der Waals surface area contributed by atoms with Gasteiger partial charge in [-0.05, 0) is 37.5 Å². The molecular formula is C15H21NO. The Kier molecular flexibility index (Phi) is 6.08. The van der Waals surface area contributed by atoms with Crippen molar-refractivity contribution in [3.05, 3.63) is 41.8 Å². The summed E-state index contributed by atoms with van der Waals surface area (Å²) >= 11 is 0. The van der Waals surface area contributed by atoms with Gasteiger partial charge in [0.1, 0.15) is 5.75 Å². The van der Waals surface area contributed by atoms with E-state index in [1.54, 1.807) is 0 Å². The Hall–Kier alpha value is -1.57. The van der Waals surface area contributed by atoms with Crippen LogP contribution < -0.4 is 4.74 Å². The van der Waals surface area contributed by atoms with Crippen LogP contribution in [0.2, 0.25) is 0 Å². The summed E-state index contributed by atoms with van der Waals surface area (Å²) < 4.78 is 5.65. The van der Waals surface area contributed by atoms with Gasteiger partial charge < -0.3 is 4.74 Å². The lowest BCUT2D eigenvalue weighted by molar-refractivity contribution is 0.413. The van der Waals surface area contributed by atoms with Crippen molar-refractivity contribution in [3.8, 4) is 5.75 Å². The molecule has 0 aliphatic carbocycles. The molecule has 0 spiro atoms. The summed E-state index contributed by atoms with van der Waals surface area (Å²) in [4.78, 5) is 4.18. The molecule has 2 rings (SSSR count). The summed E-state index contributed by atoms with van der Waals surface area (Å²) in [5, 5.41) is 0. The standard InChI is InChI=1S/C12H13NO.C3H8/c1-10-6-2-3-7-11(10)14-12-8-4-5-9-13-12;1-3-2/h2-3,6-9H,4-5H2,1H3;3H2,1-2H3. The van der Waals surface area contributed by atoms with Gasteiger partial charge >= 0.3 is 0 Å². The average Bonchev–Trinajstić information content (AvgIpc) is 2.35. The molecule has 17 heavy (non-hydrogen) atoms. The largest absolute Gasteiger partial charge is 0.439 e. The Morgan fingerprint density at radius 3 is 2.47 bits per heavy atom. The van der Waals surface area contributed by atoms with E-state index in [9.17, 15) is 0 Å². The van der Waals surface area contributed by atoms with Crippen LogP contribution in [-0.2, 0) is 0 Å². The molecule has 0 unspecified atom stereocenters. The van der Waals surface area contributed by atoms with Gasteiger partial charge in [0.25, 0.3) is 0 Å². The van der Waals surface area contributed by atoms with Crippen molar-refractivity contribution in [2.45, 2.75) is 40.0 Å². The number of ether oxygens (including phenoxy) is 1. The Labute approximate surface area is 104 Å². The van der Waals surface area contributed by atoms with Crippen molar-refractivity contribution in [2.75, 3.05) is 0 Å². The summed E-state index contributed by atoms with van der Waals surface area (Å²) in [5.41, 5.74) is 1.13. The molecule has 1 aromatic carbocycles. The van der Waals surface area contributed by atoms with Gasteiger partial charge in [-0.2, -0.15) is 0 Å². The van der Waals surface area contributed by atoms with Crippen LogP contribution in [0.3, 0.4) is 0 Å². The molecule has 0 radical (unpaired) electrons. The molecule has 2 heteroatoms. The predicted molar refractivity (Wildman–Crippen MR) is 73.6 cm³/mol. The normalized spacial score (nSPS) is 13.5. The second-order valence-electron chi connectivity index (χ2n) is 4.01. The van der Waals surface area contributed by atoms with Crippen LogP contribution in [0.5, 0.6) is 5.75 Å². The van der Waals surface area contributed by atoms with Gasteiger partial charge in [-0.3, -0.25) is 0 Å². The number of hydrogen-bond acceptors (Lipinski definition) is 2. The molecule has 0 aromatic heterocycles. The molecule has 0 bridgehead atoms. The van der Waals surface area contributed by atoms with E-state index in [1.807, 2.05) is 43.5 Å². The van der Waals surface area contributed by atoms with Gasteiger partial charge in [0.05, 0.1) is 0 Å². The van der Waals surface area contributed by atoms with E-state index in [2.05, 4.69) is 18.8 Å². The molecule has 1 aliphatic heterocycles. The van der Waals surface area contributed by atoms with Gasteiger partial charge in [0, 0.05) is 6.21 Å². The highest BCUT2D eigenvalue weighted by atomic mass is 16.5. The van der Waals surface area contributed by atoms with Gasteiger partial charge in [-0.1, -0.05) is 38.5 Å². The number of allylic oxidation sites excluding steroid dienone is 1. The molecule has 0 N–H and O–H groups in total. The molecule has 0 amide bonds. The Balaban J connectivity index is 0.000000437. The fourth-order valence-corrected chi connectivity index (χ4v) is 1.34. The molecule has 0 fully saturated rings. The van der Waals surface area contributed by atoms with Gasteiger partial charge in [0.15, 0.2) is 0 Å². The molecule has 1 aliphatic rings.